The summed E-state index contributed by atoms with van der Waals surface area (Å²) >= 11 is 0. The number of pyridine rings is 3. The highest BCUT2D eigenvalue weighted by Gasteiger charge is 2.43. The highest BCUT2D eigenvalue weighted by molar-refractivity contribution is 5.99. The monoisotopic (exact) mass is 380 g/mol. The minimum atomic E-state index is -1.06. The number of nitrogen functional groups attached to an aromatic ring is 1. The summed E-state index contributed by atoms with van der Waals surface area (Å²) in [6.45, 7) is 1.25. The van der Waals surface area contributed by atoms with E-state index in [4.69, 9.17) is 10.5 Å². The molecule has 2 aliphatic rings. The Morgan fingerprint density at radius 1 is 1.32 bits per heavy atom. The van der Waals surface area contributed by atoms with Crippen molar-refractivity contribution in [2.24, 2.45) is 5.92 Å². The molecule has 0 spiro atoms. The quantitative estimate of drug-likeness (QED) is 0.639. The van der Waals surface area contributed by atoms with Crippen LogP contribution in [0.25, 0.3) is 22.0 Å². The number of carbonyl (C=O) groups is 1. The number of hydrogen-bond donors (Lipinski definition) is 3. The maximum absolute atomic E-state index is 13.1. The molecule has 0 bridgehead atoms. The first-order valence-electron chi connectivity index (χ1n) is 8.96. The lowest BCUT2D eigenvalue weighted by molar-refractivity contribution is -0.117. The van der Waals surface area contributed by atoms with Crippen LogP contribution >= 0.6 is 0 Å². The molecule has 142 valence electrons. The summed E-state index contributed by atoms with van der Waals surface area (Å²) in [6, 6.07) is 3.54. The topological polar surface area (TPSA) is 115 Å². The van der Waals surface area contributed by atoms with E-state index in [2.05, 4.69) is 25.6 Å². The molecule has 9 heteroatoms. The van der Waals surface area contributed by atoms with Gasteiger partial charge in [-0.15, -0.1) is 0 Å². The van der Waals surface area contributed by atoms with Gasteiger partial charge in [-0.1, -0.05) is 0 Å². The Labute approximate surface area is 159 Å². The number of alkyl halides is 1. The lowest BCUT2D eigenvalue weighted by Crippen LogP contribution is -2.18. The molecule has 28 heavy (non-hydrogen) atoms. The summed E-state index contributed by atoms with van der Waals surface area (Å²) in [5.74, 6) is 0.395. The maximum atomic E-state index is 13.1. The first-order chi connectivity index (χ1) is 13.6. The predicted octanol–water partition coefficient (Wildman–Crippen LogP) is 2.37. The van der Waals surface area contributed by atoms with Crippen LogP contribution in [0.1, 0.15) is 6.42 Å². The predicted molar refractivity (Wildman–Crippen MR) is 103 cm³/mol. The first kappa shape index (κ1) is 16.7. The van der Waals surface area contributed by atoms with E-state index in [0.29, 0.717) is 41.6 Å². The van der Waals surface area contributed by atoms with Crippen LogP contribution < -0.4 is 21.1 Å². The van der Waals surface area contributed by atoms with Gasteiger partial charge in [-0.25, -0.2) is 14.4 Å². The second kappa shape index (κ2) is 6.29. The van der Waals surface area contributed by atoms with E-state index in [0.717, 1.165) is 16.6 Å². The van der Waals surface area contributed by atoms with Crippen molar-refractivity contribution in [3.8, 4) is 17.0 Å². The molecule has 0 aromatic carbocycles. The largest absolute Gasteiger partial charge is 0.489 e. The molecule has 2 atom stereocenters. The molecule has 1 amide bonds. The third-order valence-electron chi connectivity index (χ3n) is 4.88. The van der Waals surface area contributed by atoms with Crippen LogP contribution in [0.2, 0.25) is 0 Å². The lowest BCUT2D eigenvalue weighted by atomic mass is 10.1. The average molecular weight is 380 g/mol. The highest BCUT2D eigenvalue weighted by Crippen LogP contribution is 2.38. The number of nitrogens with one attached hydrogen (secondary N) is 2. The third kappa shape index (κ3) is 2.84. The van der Waals surface area contributed by atoms with Gasteiger partial charge in [-0.2, -0.15) is 0 Å². The third-order valence-corrected chi connectivity index (χ3v) is 4.88. The standard InChI is InChI=1S/C19H17FN6O2/c20-13-5-10(13)19(27)26-16-4-9-3-14(25-18(21)11(9)7-24-16)12-6-22-8-15-17(12)28-2-1-23-15/h3-4,6-8,10,13,23H,1-2,5H2,(H2,21,25)(H,24,26,27)/t10-,13+/m1/s1. The van der Waals surface area contributed by atoms with Crippen molar-refractivity contribution >= 4 is 34.0 Å². The first-order valence-corrected chi connectivity index (χ1v) is 8.96. The normalized spacial score (nSPS) is 20.0. The van der Waals surface area contributed by atoms with Gasteiger partial charge in [0.05, 0.1) is 29.1 Å². The Hall–Kier alpha value is -3.49. The molecule has 4 N–H and O–H groups in total. The summed E-state index contributed by atoms with van der Waals surface area (Å²) in [5.41, 5.74) is 8.26. The molecule has 1 aliphatic carbocycles. The van der Waals surface area contributed by atoms with Crippen LogP contribution in [0, 0.1) is 5.92 Å². The smallest absolute Gasteiger partial charge is 0.231 e. The molecule has 1 fully saturated rings. The Morgan fingerprint density at radius 3 is 3.00 bits per heavy atom. The van der Waals surface area contributed by atoms with Crippen LogP contribution in [0.5, 0.6) is 5.75 Å². The minimum Gasteiger partial charge on any atom is -0.489 e. The Kier molecular flexibility index (Phi) is 3.75. The molecule has 3 aromatic rings. The van der Waals surface area contributed by atoms with E-state index < -0.39 is 12.1 Å². The fraction of sp³-hybridized carbons (Fsp3) is 0.263. The van der Waals surface area contributed by atoms with Gasteiger partial charge in [0.15, 0.2) is 5.75 Å². The maximum Gasteiger partial charge on any atom is 0.231 e. The molecule has 0 radical (unpaired) electrons. The molecule has 4 heterocycles. The Morgan fingerprint density at radius 2 is 2.18 bits per heavy atom. The fourth-order valence-corrected chi connectivity index (χ4v) is 3.29. The van der Waals surface area contributed by atoms with Gasteiger partial charge in [0.2, 0.25) is 5.91 Å². The van der Waals surface area contributed by atoms with E-state index in [-0.39, 0.29) is 12.3 Å². The average Bonchev–Trinajstić information content (AvgIpc) is 3.44. The van der Waals surface area contributed by atoms with Gasteiger partial charge in [-0.3, -0.25) is 9.78 Å². The zero-order chi connectivity index (χ0) is 19.3. The number of aromatic nitrogens is 3. The molecule has 1 aliphatic heterocycles. The molecule has 1 saturated carbocycles. The fourth-order valence-electron chi connectivity index (χ4n) is 3.29. The van der Waals surface area contributed by atoms with Gasteiger partial charge in [0.25, 0.3) is 0 Å². The van der Waals surface area contributed by atoms with E-state index in [1.54, 1.807) is 24.7 Å². The van der Waals surface area contributed by atoms with Gasteiger partial charge < -0.3 is 21.1 Å². The Balaban J connectivity index is 1.55. The van der Waals surface area contributed by atoms with Crippen LogP contribution in [-0.4, -0.2) is 40.2 Å². The number of anilines is 3. The molecule has 0 unspecified atom stereocenters. The van der Waals surface area contributed by atoms with Crippen LogP contribution in [0.4, 0.5) is 21.7 Å². The Bertz CT molecular complexity index is 1110. The molecular weight excluding hydrogens is 363 g/mol. The van der Waals surface area contributed by atoms with Crippen molar-refractivity contribution in [2.75, 3.05) is 29.5 Å². The van der Waals surface area contributed by atoms with Crippen molar-refractivity contribution in [3.05, 3.63) is 30.7 Å². The second-order valence-corrected chi connectivity index (χ2v) is 6.87. The van der Waals surface area contributed by atoms with Gasteiger partial charge in [-0.05, 0) is 23.9 Å². The van der Waals surface area contributed by atoms with Crippen LogP contribution in [0.3, 0.4) is 0 Å². The summed E-state index contributed by atoms with van der Waals surface area (Å²) in [7, 11) is 0. The van der Waals surface area contributed by atoms with Crippen LogP contribution in [-0.2, 0) is 4.79 Å². The number of nitrogens with zero attached hydrogens (tertiary/aromatic N) is 3. The number of hydrogen-bond acceptors (Lipinski definition) is 7. The molecular formula is C19H17FN6O2. The highest BCUT2D eigenvalue weighted by atomic mass is 19.1. The van der Waals surface area contributed by atoms with Crippen LogP contribution in [0.15, 0.2) is 30.7 Å². The van der Waals surface area contributed by atoms with Gasteiger partial charge in [0.1, 0.15) is 24.4 Å². The minimum absolute atomic E-state index is 0.264. The number of ether oxygens (including phenoxy) is 1. The van der Waals surface area contributed by atoms with Crippen molar-refractivity contribution < 1.29 is 13.9 Å². The molecule has 8 nitrogen and oxygen atoms in total. The SMILES string of the molecule is Nc1nc(-c2cncc3c2OCCN3)cc2cc(NC(=O)[C@@H]3C[C@@H]3F)ncc12. The van der Waals surface area contributed by atoms with E-state index in [9.17, 15) is 9.18 Å². The van der Waals surface area contributed by atoms with Crippen molar-refractivity contribution in [3.63, 3.8) is 0 Å². The van der Waals surface area contributed by atoms with E-state index >= 15 is 0 Å². The summed E-state index contributed by atoms with van der Waals surface area (Å²) < 4.78 is 18.9. The molecule has 0 saturated heterocycles. The summed E-state index contributed by atoms with van der Waals surface area (Å²) in [5, 5.41) is 7.31. The number of nitrogens with two attached hydrogens (primary N) is 1. The number of halogens is 1. The molecule has 5 rings (SSSR count). The van der Waals surface area contributed by atoms with Gasteiger partial charge in [0, 0.05) is 24.3 Å². The van der Waals surface area contributed by atoms with Crippen molar-refractivity contribution in [1.82, 2.24) is 15.0 Å². The van der Waals surface area contributed by atoms with Crippen molar-refractivity contribution in [1.29, 1.82) is 0 Å². The van der Waals surface area contributed by atoms with E-state index in [1.165, 1.54) is 0 Å². The lowest BCUT2D eigenvalue weighted by Gasteiger charge is -2.21. The number of carbonyl (C=O) groups excluding carboxylic acids is 1. The summed E-state index contributed by atoms with van der Waals surface area (Å²) in [6.07, 6.45) is 4.14. The number of fused-ring (bicyclic) bond motifs is 2. The van der Waals surface area contributed by atoms with Crippen molar-refractivity contribution in [2.45, 2.75) is 12.6 Å². The summed E-state index contributed by atoms with van der Waals surface area (Å²) in [4.78, 5) is 24.9. The van der Waals surface area contributed by atoms with Gasteiger partial charge >= 0.3 is 0 Å². The number of rotatable bonds is 3. The second-order valence-electron chi connectivity index (χ2n) is 6.87. The zero-order valence-electron chi connectivity index (χ0n) is 14.8. The zero-order valence-corrected chi connectivity index (χ0v) is 14.8. The number of amides is 1. The van der Waals surface area contributed by atoms with E-state index in [1.807, 2.05) is 6.07 Å². The molecule has 3 aromatic heterocycles.